The molecule has 4 rings (SSSR count). The van der Waals surface area contributed by atoms with E-state index in [1.807, 2.05) is 30.3 Å². The number of anilines is 2. The summed E-state index contributed by atoms with van der Waals surface area (Å²) in [5.41, 5.74) is 1.34. The highest BCUT2D eigenvalue weighted by molar-refractivity contribution is 7.14. The van der Waals surface area contributed by atoms with E-state index in [2.05, 4.69) is 21.3 Å². The second-order valence-electron chi connectivity index (χ2n) is 8.28. The van der Waals surface area contributed by atoms with Crippen LogP contribution in [-0.2, 0) is 0 Å². The summed E-state index contributed by atoms with van der Waals surface area (Å²) >= 11 is 7.24. The van der Waals surface area contributed by atoms with Gasteiger partial charge in [-0.25, -0.2) is 9.97 Å². The smallest absolute Gasteiger partial charge is 0.273 e. The van der Waals surface area contributed by atoms with Crippen LogP contribution >= 0.6 is 22.9 Å². The molecule has 1 atom stereocenters. The van der Waals surface area contributed by atoms with Crippen molar-refractivity contribution >= 4 is 39.8 Å². The maximum atomic E-state index is 12.8. The summed E-state index contributed by atoms with van der Waals surface area (Å²) in [4.78, 5) is 25.8. The maximum absolute atomic E-state index is 12.8. The van der Waals surface area contributed by atoms with E-state index in [4.69, 9.17) is 26.6 Å². The van der Waals surface area contributed by atoms with Crippen LogP contribution in [0.15, 0.2) is 47.8 Å². The molecule has 1 saturated heterocycles. The summed E-state index contributed by atoms with van der Waals surface area (Å²) in [6.07, 6.45) is 2.75. The van der Waals surface area contributed by atoms with Crippen LogP contribution in [0.25, 0.3) is 0 Å². The van der Waals surface area contributed by atoms with Gasteiger partial charge < -0.3 is 15.0 Å². The molecule has 2 aromatic heterocycles. The van der Waals surface area contributed by atoms with Gasteiger partial charge in [-0.2, -0.15) is 5.26 Å². The molecule has 35 heavy (non-hydrogen) atoms. The van der Waals surface area contributed by atoms with Gasteiger partial charge in [0.2, 0.25) is 0 Å². The molecule has 3 heterocycles. The van der Waals surface area contributed by atoms with E-state index in [1.165, 1.54) is 11.3 Å². The van der Waals surface area contributed by atoms with Gasteiger partial charge in [0.25, 0.3) is 5.91 Å². The number of carbonyl (C=O) groups excluding carboxylic acids is 1. The third-order valence-corrected chi connectivity index (χ3v) is 6.78. The number of hydrogen-bond donors (Lipinski definition) is 1. The highest BCUT2D eigenvalue weighted by atomic mass is 35.5. The minimum Gasteiger partial charge on any atom is -0.494 e. The highest BCUT2D eigenvalue weighted by Crippen LogP contribution is 2.31. The molecule has 10 heteroatoms. The first-order valence-corrected chi connectivity index (χ1v) is 12.7. The number of pyridine rings is 1. The number of halogens is 1. The maximum Gasteiger partial charge on any atom is 0.273 e. The van der Waals surface area contributed by atoms with E-state index in [-0.39, 0.29) is 11.9 Å². The van der Waals surface area contributed by atoms with Crippen LogP contribution in [0, 0.1) is 11.3 Å². The molecule has 0 saturated carbocycles. The van der Waals surface area contributed by atoms with Gasteiger partial charge in [0.1, 0.15) is 17.3 Å². The molecule has 1 aromatic carbocycles. The Morgan fingerprint density at radius 3 is 2.94 bits per heavy atom. The molecule has 0 spiro atoms. The van der Waals surface area contributed by atoms with Crippen molar-refractivity contribution in [1.82, 2.24) is 19.8 Å². The lowest BCUT2D eigenvalue weighted by Crippen LogP contribution is -2.28. The van der Waals surface area contributed by atoms with E-state index >= 15 is 0 Å². The largest absolute Gasteiger partial charge is 0.494 e. The minimum absolute atomic E-state index is 0.138. The van der Waals surface area contributed by atoms with Crippen molar-refractivity contribution in [2.75, 3.05) is 38.6 Å². The molecular weight excluding hydrogens is 484 g/mol. The Labute approximate surface area is 214 Å². The van der Waals surface area contributed by atoms with Gasteiger partial charge in [0.15, 0.2) is 5.13 Å². The number of benzene rings is 1. The zero-order chi connectivity index (χ0) is 24.6. The van der Waals surface area contributed by atoms with Gasteiger partial charge in [-0.05, 0) is 62.2 Å². The lowest BCUT2D eigenvalue weighted by atomic mass is 10.1. The molecule has 0 bridgehead atoms. The van der Waals surface area contributed by atoms with Crippen LogP contribution in [0.3, 0.4) is 0 Å². The zero-order valence-corrected chi connectivity index (χ0v) is 21.1. The van der Waals surface area contributed by atoms with Crippen LogP contribution in [0.4, 0.5) is 10.9 Å². The first-order valence-electron chi connectivity index (χ1n) is 11.5. The second kappa shape index (κ2) is 12.0. The van der Waals surface area contributed by atoms with Crippen LogP contribution in [0.2, 0.25) is 5.02 Å². The zero-order valence-electron chi connectivity index (χ0n) is 19.5. The summed E-state index contributed by atoms with van der Waals surface area (Å²) < 4.78 is 5.69. The number of rotatable bonds is 10. The molecule has 3 aromatic rings. The normalized spacial score (nSPS) is 15.5. The SMILES string of the molecule is CN(CCCOc1ccc(Cl)cc1)C(=O)c1csc(Nc2cccc(C3CCCN3CC#N)n2)n1. The number of hydrogen-bond acceptors (Lipinski definition) is 8. The summed E-state index contributed by atoms with van der Waals surface area (Å²) in [6, 6.07) is 15.4. The first kappa shape index (κ1) is 24.9. The lowest BCUT2D eigenvalue weighted by Gasteiger charge is -2.21. The van der Waals surface area contributed by atoms with Crippen molar-refractivity contribution in [3.63, 3.8) is 0 Å². The predicted molar refractivity (Wildman–Crippen MR) is 137 cm³/mol. The second-order valence-corrected chi connectivity index (χ2v) is 9.57. The Bertz CT molecular complexity index is 1180. The number of carbonyl (C=O) groups is 1. The Balaban J connectivity index is 1.29. The standard InChI is InChI=1S/C25H27ClN6O2S/c1-31(13-4-16-34-19-10-8-18(26)9-11-19)24(33)21-17-35-25(29-21)30-23-7-2-5-20(28-23)22-6-3-14-32(22)15-12-27/h2,5,7-11,17,22H,3-4,6,13-16H2,1H3,(H,28,29,30). The van der Waals surface area contributed by atoms with Crippen LogP contribution in [-0.4, -0.2) is 59.0 Å². The molecule has 1 amide bonds. The van der Waals surface area contributed by atoms with Gasteiger partial charge in [-0.15, -0.1) is 11.3 Å². The van der Waals surface area contributed by atoms with E-state index in [0.717, 1.165) is 30.8 Å². The van der Waals surface area contributed by atoms with Crippen molar-refractivity contribution in [3.05, 3.63) is 64.3 Å². The van der Waals surface area contributed by atoms with Crippen molar-refractivity contribution in [1.29, 1.82) is 5.26 Å². The van der Waals surface area contributed by atoms with Gasteiger partial charge in [-0.1, -0.05) is 17.7 Å². The Kier molecular flexibility index (Phi) is 8.53. The average Bonchev–Trinajstić information content (AvgIpc) is 3.52. The average molecular weight is 511 g/mol. The van der Waals surface area contributed by atoms with Crippen molar-refractivity contribution in [2.45, 2.75) is 25.3 Å². The summed E-state index contributed by atoms with van der Waals surface area (Å²) in [6.45, 7) is 2.37. The minimum atomic E-state index is -0.138. The summed E-state index contributed by atoms with van der Waals surface area (Å²) in [5, 5.41) is 15.3. The quantitative estimate of drug-likeness (QED) is 0.298. The first-order chi connectivity index (χ1) is 17.0. The fourth-order valence-electron chi connectivity index (χ4n) is 4.01. The molecule has 0 aliphatic carbocycles. The number of nitrogens with one attached hydrogen (secondary N) is 1. The Hall–Kier alpha value is -3.19. The highest BCUT2D eigenvalue weighted by Gasteiger charge is 2.26. The Morgan fingerprint density at radius 2 is 2.14 bits per heavy atom. The van der Waals surface area contributed by atoms with Crippen LogP contribution in [0.1, 0.15) is 41.5 Å². The number of likely N-dealkylation sites (tertiary alicyclic amines) is 1. The molecular formula is C25H27ClN6O2S. The van der Waals surface area contributed by atoms with Gasteiger partial charge in [-0.3, -0.25) is 9.69 Å². The molecule has 1 unspecified atom stereocenters. The fraction of sp³-hybridized carbons (Fsp3) is 0.360. The van der Waals surface area contributed by atoms with Gasteiger partial charge in [0.05, 0.1) is 31.0 Å². The number of amides is 1. The number of nitriles is 1. The van der Waals surface area contributed by atoms with Crippen molar-refractivity contribution in [3.8, 4) is 11.8 Å². The summed E-state index contributed by atoms with van der Waals surface area (Å²) in [7, 11) is 1.76. The molecule has 0 radical (unpaired) electrons. The molecule has 1 fully saturated rings. The fourth-order valence-corrected chi connectivity index (χ4v) is 4.82. The third-order valence-electron chi connectivity index (χ3n) is 5.77. The van der Waals surface area contributed by atoms with E-state index in [0.29, 0.717) is 47.8 Å². The van der Waals surface area contributed by atoms with E-state index in [9.17, 15) is 4.79 Å². The number of nitrogens with zero attached hydrogens (tertiary/aromatic N) is 5. The number of thiazole rings is 1. The summed E-state index contributed by atoms with van der Waals surface area (Å²) in [5.74, 6) is 1.29. The van der Waals surface area contributed by atoms with Crippen molar-refractivity contribution < 1.29 is 9.53 Å². The number of aromatic nitrogens is 2. The molecule has 1 aliphatic heterocycles. The molecule has 8 nitrogen and oxygen atoms in total. The lowest BCUT2D eigenvalue weighted by molar-refractivity contribution is 0.0783. The van der Waals surface area contributed by atoms with Crippen LogP contribution < -0.4 is 10.1 Å². The molecule has 1 aliphatic rings. The van der Waals surface area contributed by atoms with E-state index < -0.39 is 0 Å². The number of ether oxygens (including phenoxy) is 1. The van der Waals surface area contributed by atoms with E-state index in [1.54, 1.807) is 29.5 Å². The van der Waals surface area contributed by atoms with Gasteiger partial charge in [0, 0.05) is 24.0 Å². The molecule has 1 N–H and O–H groups in total. The monoisotopic (exact) mass is 510 g/mol. The van der Waals surface area contributed by atoms with Gasteiger partial charge >= 0.3 is 0 Å². The Morgan fingerprint density at radius 1 is 1.31 bits per heavy atom. The van der Waals surface area contributed by atoms with Crippen molar-refractivity contribution in [2.24, 2.45) is 0 Å². The third kappa shape index (κ3) is 6.69. The predicted octanol–water partition coefficient (Wildman–Crippen LogP) is 5.14. The molecule has 182 valence electrons. The van der Waals surface area contributed by atoms with Crippen LogP contribution in [0.5, 0.6) is 5.75 Å². The topological polar surface area (TPSA) is 94.4 Å².